The van der Waals surface area contributed by atoms with Crippen molar-refractivity contribution in [2.24, 2.45) is 0 Å². The minimum absolute atomic E-state index is 0.0949. The van der Waals surface area contributed by atoms with Crippen LogP contribution in [-0.4, -0.2) is 37.1 Å². The third-order valence-electron chi connectivity index (χ3n) is 3.61. The highest BCUT2D eigenvalue weighted by Crippen LogP contribution is 2.19. The van der Waals surface area contributed by atoms with E-state index in [2.05, 4.69) is 35.9 Å². The number of aromatic nitrogens is 4. The summed E-state index contributed by atoms with van der Waals surface area (Å²) >= 11 is 3.11. The lowest BCUT2D eigenvalue weighted by atomic mass is 9.80. The van der Waals surface area contributed by atoms with E-state index in [4.69, 9.17) is 21.5 Å². The Hall–Kier alpha value is -3.48. The maximum Gasteiger partial charge on any atom is 0.491 e. The Labute approximate surface area is 191 Å². The molecule has 0 radical (unpaired) electrons. The van der Waals surface area contributed by atoms with Gasteiger partial charge in [0.2, 0.25) is 0 Å². The van der Waals surface area contributed by atoms with Gasteiger partial charge in [0.05, 0.1) is 30.5 Å². The van der Waals surface area contributed by atoms with Crippen LogP contribution in [0.5, 0.6) is 0 Å². The van der Waals surface area contributed by atoms with Gasteiger partial charge in [0, 0.05) is 11.0 Å². The summed E-state index contributed by atoms with van der Waals surface area (Å²) in [4.78, 5) is 15.4. The summed E-state index contributed by atoms with van der Waals surface area (Å²) in [5.74, 6) is -0.213. The summed E-state index contributed by atoms with van der Waals surface area (Å²) in [6.45, 7) is 0. The summed E-state index contributed by atoms with van der Waals surface area (Å²) in [5, 5.41) is 17.0. The van der Waals surface area contributed by atoms with Crippen molar-refractivity contribution in [3.8, 4) is 11.3 Å². The zero-order valence-corrected chi connectivity index (χ0v) is 18.1. The van der Waals surface area contributed by atoms with Crippen LogP contribution in [0.3, 0.4) is 0 Å². The molecule has 6 N–H and O–H groups in total. The van der Waals surface area contributed by atoms with Crippen LogP contribution < -0.4 is 16.9 Å². The minimum atomic E-state index is -1.72. The molecular weight excluding hydrogens is 485 g/mol. The molecule has 8 nitrogen and oxygen atoms in total. The molecular formula is C20H18BBrF2N6O2. The van der Waals surface area contributed by atoms with Crippen LogP contribution in [0, 0.1) is 11.6 Å². The standard InChI is InChI=1S/C10H8FN3.C6H6BFO2.C4H4BrN3/c11-8-4-2-1-3-7(8)9-5-13-6-10(12)14-9;8-6-4-2-1-3-5(6)7(9)10;5-3-1-7-2-4(6)8-3/h1-6H,(H2,12,14);1-4,9-10H;1-2H,(H2,6,8). The van der Waals surface area contributed by atoms with E-state index >= 15 is 0 Å². The molecule has 0 spiro atoms. The van der Waals surface area contributed by atoms with Crippen LogP contribution in [0.25, 0.3) is 11.3 Å². The smallest absolute Gasteiger partial charge is 0.423 e. The van der Waals surface area contributed by atoms with E-state index in [9.17, 15) is 8.78 Å². The Morgan fingerprint density at radius 1 is 0.750 bits per heavy atom. The molecule has 0 unspecified atom stereocenters. The van der Waals surface area contributed by atoms with Crippen LogP contribution >= 0.6 is 15.9 Å². The Morgan fingerprint density at radius 3 is 1.78 bits per heavy atom. The van der Waals surface area contributed by atoms with E-state index in [1.807, 2.05) is 0 Å². The Kier molecular flexibility index (Phi) is 9.60. The Bertz CT molecular complexity index is 1140. The summed E-state index contributed by atoms with van der Waals surface area (Å²) in [5.41, 5.74) is 11.5. The van der Waals surface area contributed by atoms with E-state index in [0.717, 1.165) is 0 Å². The van der Waals surface area contributed by atoms with Crippen molar-refractivity contribution in [3.63, 3.8) is 0 Å². The Morgan fingerprint density at radius 2 is 1.31 bits per heavy atom. The van der Waals surface area contributed by atoms with E-state index in [1.165, 1.54) is 48.9 Å². The van der Waals surface area contributed by atoms with Gasteiger partial charge in [-0.2, -0.15) is 0 Å². The van der Waals surface area contributed by atoms with Gasteiger partial charge in [-0.15, -0.1) is 0 Å². The van der Waals surface area contributed by atoms with Gasteiger partial charge in [-0.3, -0.25) is 9.97 Å². The number of nitrogen functional groups attached to an aromatic ring is 2. The highest BCUT2D eigenvalue weighted by atomic mass is 79.9. The van der Waals surface area contributed by atoms with Gasteiger partial charge in [-0.1, -0.05) is 30.3 Å². The Balaban J connectivity index is 0.000000178. The lowest BCUT2D eigenvalue weighted by Gasteiger charge is -2.01. The van der Waals surface area contributed by atoms with Gasteiger partial charge < -0.3 is 21.5 Å². The lowest BCUT2D eigenvalue weighted by Crippen LogP contribution is -2.32. The molecule has 0 bridgehead atoms. The average molecular weight is 503 g/mol. The summed E-state index contributed by atoms with van der Waals surface area (Å²) in [7, 11) is -1.72. The molecule has 0 aliphatic carbocycles. The minimum Gasteiger partial charge on any atom is -0.423 e. The number of hydrogen-bond donors (Lipinski definition) is 4. The normalized spacial score (nSPS) is 9.66. The van der Waals surface area contributed by atoms with Gasteiger partial charge in [-0.25, -0.2) is 18.7 Å². The van der Waals surface area contributed by atoms with Crippen LogP contribution in [-0.2, 0) is 0 Å². The number of hydrogen-bond acceptors (Lipinski definition) is 8. The average Bonchev–Trinajstić information content (AvgIpc) is 2.75. The number of anilines is 2. The maximum atomic E-state index is 13.3. The van der Waals surface area contributed by atoms with Crippen molar-refractivity contribution >= 4 is 40.1 Å². The third kappa shape index (κ3) is 7.98. The summed E-state index contributed by atoms with van der Waals surface area (Å²) in [6, 6.07) is 11.9. The first-order valence-electron chi connectivity index (χ1n) is 8.94. The second-order valence-corrected chi connectivity index (χ2v) is 6.78. The van der Waals surface area contributed by atoms with Gasteiger partial charge in [-0.05, 0) is 34.1 Å². The third-order valence-corrected chi connectivity index (χ3v) is 3.99. The van der Waals surface area contributed by atoms with Crippen LogP contribution in [0.2, 0.25) is 0 Å². The molecule has 0 aliphatic heterocycles. The maximum absolute atomic E-state index is 13.3. The molecule has 12 heteroatoms. The molecule has 2 heterocycles. The van der Waals surface area contributed by atoms with Crippen molar-refractivity contribution in [2.45, 2.75) is 0 Å². The lowest BCUT2D eigenvalue weighted by molar-refractivity contribution is 0.423. The number of nitrogens with two attached hydrogens (primary N) is 2. The first-order valence-corrected chi connectivity index (χ1v) is 9.73. The predicted molar refractivity (Wildman–Crippen MR) is 122 cm³/mol. The molecule has 0 saturated heterocycles. The monoisotopic (exact) mass is 502 g/mol. The molecule has 0 fully saturated rings. The van der Waals surface area contributed by atoms with Crippen LogP contribution in [0.4, 0.5) is 20.4 Å². The van der Waals surface area contributed by atoms with Crippen molar-refractivity contribution in [3.05, 3.63) is 89.6 Å². The van der Waals surface area contributed by atoms with Gasteiger partial charge in [0.1, 0.15) is 27.9 Å². The second kappa shape index (κ2) is 12.4. The zero-order chi connectivity index (χ0) is 23.5. The number of nitrogens with zero attached hydrogens (tertiary/aromatic N) is 4. The number of rotatable bonds is 2. The quantitative estimate of drug-likeness (QED) is 0.305. The van der Waals surface area contributed by atoms with Gasteiger partial charge in [0.15, 0.2) is 0 Å². The van der Waals surface area contributed by atoms with Crippen molar-refractivity contribution < 1.29 is 18.8 Å². The van der Waals surface area contributed by atoms with Crippen molar-refractivity contribution in [2.75, 3.05) is 11.5 Å². The van der Waals surface area contributed by atoms with E-state index in [1.54, 1.807) is 24.4 Å². The molecule has 32 heavy (non-hydrogen) atoms. The van der Waals surface area contributed by atoms with E-state index in [-0.39, 0.29) is 17.1 Å². The molecule has 2 aromatic heterocycles. The van der Waals surface area contributed by atoms with Crippen molar-refractivity contribution in [1.82, 2.24) is 19.9 Å². The topological polar surface area (TPSA) is 144 Å². The molecule has 0 saturated carbocycles. The zero-order valence-electron chi connectivity index (χ0n) is 16.5. The highest BCUT2D eigenvalue weighted by molar-refractivity contribution is 9.10. The number of benzene rings is 2. The van der Waals surface area contributed by atoms with Crippen molar-refractivity contribution in [1.29, 1.82) is 0 Å². The molecule has 164 valence electrons. The fourth-order valence-corrected chi connectivity index (χ4v) is 2.54. The highest BCUT2D eigenvalue weighted by Gasteiger charge is 2.14. The fraction of sp³-hybridized carbons (Fsp3) is 0. The molecule has 0 atom stereocenters. The summed E-state index contributed by atoms with van der Waals surface area (Å²) in [6.07, 6.45) is 5.97. The van der Waals surface area contributed by atoms with E-state index < -0.39 is 12.9 Å². The van der Waals surface area contributed by atoms with Gasteiger partial charge >= 0.3 is 7.12 Å². The molecule has 0 aliphatic rings. The largest absolute Gasteiger partial charge is 0.491 e. The van der Waals surface area contributed by atoms with Crippen LogP contribution in [0.1, 0.15) is 0 Å². The first-order chi connectivity index (χ1) is 15.3. The SMILES string of the molecule is Nc1cncc(-c2ccccc2F)n1.Nc1cncc(Br)n1.OB(O)c1ccccc1F. The van der Waals surface area contributed by atoms with E-state index in [0.29, 0.717) is 21.7 Å². The van der Waals surface area contributed by atoms with Gasteiger partial charge in [0.25, 0.3) is 0 Å². The predicted octanol–water partition coefficient (Wildman–Crippen LogP) is 2.19. The fourth-order valence-electron chi connectivity index (χ4n) is 2.22. The molecule has 4 aromatic rings. The second-order valence-electron chi connectivity index (χ2n) is 5.97. The first kappa shape index (κ1) is 24.8. The number of halogens is 3. The molecule has 2 aromatic carbocycles. The van der Waals surface area contributed by atoms with Crippen LogP contribution in [0.15, 0.2) is 77.9 Å². The molecule has 0 amide bonds. The molecule has 4 rings (SSSR count). The summed E-state index contributed by atoms with van der Waals surface area (Å²) < 4.78 is 26.5.